The van der Waals surface area contributed by atoms with Gasteiger partial charge in [-0.25, -0.2) is 0 Å². The minimum absolute atomic E-state index is 0.0920. The molecule has 0 saturated carbocycles. The van der Waals surface area contributed by atoms with Crippen molar-refractivity contribution in [3.05, 3.63) is 35.9 Å². The largest absolute Gasteiger partial charge is 0.395 e. The van der Waals surface area contributed by atoms with Crippen molar-refractivity contribution >= 4 is 0 Å². The maximum Gasteiger partial charge on any atom is 0.0599 e. The Balaban J connectivity index is 2.17. The van der Waals surface area contributed by atoms with Gasteiger partial charge >= 0.3 is 0 Å². The second-order valence-electron chi connectivity index (χ2n) is 6.28. The van der Waals surface area contributed by atoms with E-state index in [1.807, 2.05) is 0 Å². The molecule has 0 spiro atoms. The number of aliphatic hydroxyl groups excluding tert-OH is 1. The molecule has 1 saturated heterocycles. The first-order valence-corrected chi connectivity index (χ1v) is 7.08. The van der Waals surface area contributed by atoms with Crippen molar-refractivity contribution in [1.29, 1.82) is 0 Å². The number of hydrogen-bond acceptors (Lipinski definition) is 3. The Labute approximate surface area is 116 Å². The molecule has 2 atom stereocenters. The summed E-state index contributed by atoms with van der Waals surface area (Å²) in [6, 6.07) is 11.2. The summed E-state index contributed by atoms with van der Waals surface area (Å²) in [5.74, 6) is 0. The molecule has 0 amide bonds. The van der Waals surface area contributed by atoms with Gasteiger partial charge in [-0.15, -0.1) is 0 Å². The van der Waals surface area contributed by atoms with Gasteiger partial charge in [0.2, 0.25) is 0 Å². The van der Waals surface area contributed by atoms with Gasteiger partial charge in [-0.2, -0.15) is 0 Å². The third-order valence-corrected chi connectivity index (χ3v) is 4.58. The zero-order valence-electron chi connectivity index (χ0n) is 12.5. The van der Waals surface area contributed by atoms with Gasteiger partial charge in [-0.3, -0.25) is 9.80 Å². The third-order valence-electron chi connectivity index (χ3n) is 4.58. The van der Waals surface area contributed by atoms with Gasteiger partial charge in [-0.1, -0.05) is 30.3 Å². The van der Waals surface area contributed by atoms with Crippen molar-refractivity contribution in [3.8, 4) is 0 Å². The number of aliphatic hydroxyl groups is 1. The van der Waals surface area contributed by atoms with E-state index in [1.165, 1.54) is 5.56 Å². The third kappa shape index (κ3) is 2.99. The van der Waals surface area contributed by atoms with Crippen LogP contribution in [0.2, 0.25) is 0 Å². The Morgan fingerprint density at radius 1 is 1.32 bits per heavy atom. The number of nitrogens with zero attached hydrogens (tertiary/aromatic N) is 2. The van der Waals surface area contributed by atoms with Crippen molar-refractivity contribution in [2.45, 2.75) is 38.4 Å². The van der Waals surface area contributed by atoms with Crippen LogP contribution in [0.3, 0.4) is 0 Å². The highest BCUT2D eigenvalue weighted by Crippen LogP contribution is 2.29. The summed E-state index contributed by atoms with van der Waals surface area (Å²) in [6.45, 7) is 8.92. The quantitative estimate of drug-likeness (QED) is 0.904. The van der Waals surface area contributed by atoms with Crippen LogP contribution in [-0.2, 0) is 0 Å². The van der Waals surface area contributed by atoms with Crippen LogP contribution in [0.25, 0.3) is 0 Å². The molecule has 2 unspecified atom stereocenters. The van der Waals surface area contributed by atoms with Crippen LogP contribution in [0.5, 0.6) is 0 Å². The first-order valence-electron chi connectivity index (χ1n) is 7.08. The average molecular weight is 262 g/mol. The van der Waals surface area contributed by atoms with Gasteiger partial charge in [0, 0.05) is 30.7 Å². The molecule has 1 heterocycles. The van der Waals surface area contributed by atoms with E-state index < -0.39 is 0 Å². The summed E-state index contributed by atoms with van der Waals surface area (Å²) >= 11 is 0. The summed E-state index contributed by atoms with van der Waals surface area (Å²) in [5, 5.41) is 9.60. The first-order chi connectivity index (χ1) is 8.95. The summed E-state index contributed by atoms with van der Waals surface area (Å²) in [6.07, 6.45) is 0. The fourth-order valence-electron chi connectivity index (χ4n) is 2.98. The second kappa shape index (κ2) is 5.61. The van der Waals surface area contributed by atoms with Crippen LogP contribution in [0, 0.1) is 0 Å². The number of hydrogen-bond donors (Lipinski definition) is 1. The SMILES string of the molecule is CC(c1ccccc1)N1CC(CO)N(C)C(C)(C)C1. The van der Waals surface area contributed by atoms with Crippen LogP contribution >= 0.6 is 0 Å². The molecule has 0 bridgehead atoms. The van der Waals surface area contributed by atoms with Crippen LogP contribution in [-0.4, -0.2) is 53.2 Å². The number of rotatable bonds is 3. The maximum absolute atomic E-state index is 9.60. The number of likely N-dealkylation sites (N-methyl/N-ethyl adjacent to an activating group) is 1. The van der Waals surface area contributed by atoms with E-state index >= 15 is 0 Å². The van der Waals surface area contributed by atoms with Crippen molar-refractivity contribution in [2.75, 3.05) is 26.7 Å². The lowest BCUT2D eigenvalue weighted by molar-refractivity contribution is -0.0403. The predicted octanol–water partition coefficient (Wildman–Crippen LogP) is 2.13. The molecule has 106 valence electrons. The van der Waals surface area contributed by atoms with Crippen LogP contribution in [0.15, 0.2) is 30.3 Å². The Hall–Kier alpha value is -0.900. The highest BCUT2D eigenvalue weighted by Gasteiger charge is 2.38. The molecule has 1 aromatic rings. The standard InChI is InChI=1S/C16H26N2O/c1-13(14-8-6-5-7-9-14)18-10-15(11-19)17(4)16(2,3)12-18/h5-9,13,15,19H,10-12H2,1-4H3. The molecule has 0 aliphatic carbocycles. The lowest BCUT2D eigenvalue weighted by atomic mass is 9.93. The molecule has 1 aliphatic heterocycles. The molecular weight excluding hydrogens is 236 g/mol. The van der Waals surface area contributed by atoms with Crippen LogP contribution < -0.4 is 0 Å². The summed E-state index contributed by atoms with van der Waals surface area (Å²) in [4.78, 5) is 4.79. The molecule has 0 aromatic heterocycles. The molecule has 1 N–H and O–H groups in total. The van der Waals surface area contributed by atoms with Crippen LogP contribution in [0.4, 0.5) is 0 Å². The molecule has 1 aliphatic rings. The van der Waals surface area contributed by atoms with Crippen molar-refractivity contribution in [2.24, 2.45) is 0 Å². The van der Waals surface area contributed by atoms with Crippen LogP contribution in [0.1, 0.15) is 32.4 Å². The predicted molar refractivity (Wildman–Crippen MR) is 79.1 cm³/mol. The smallest absolute Gasteiger partial charge is 0.0599 e. The van der Waals surface area contributed by atoms with E-state index in [4.69, 9.17) is 0 Å². The maximum atomic E-state index is 9.60. The Bertz CT molecular complexity index is 404. The highest BCUT2D eigenvalue weighted by molar-refractivity contribution is 5.19. The summed E-state index contributed by atoms with van der Waals surface area (Å²) < 4.78 is 0. The molecule has 1 fully saturated rings. The molecular formula is C16H26N2O. The molecule has 2 rings (SSSR count). The van der Waals surface area contributed by atoms with Gasteiger partial charge in [0.1, 0.15) is 0 Å². The first kappa shape index (κ1) is 14.5. The monoisotopic (exact) mass is 262 g/mol. The lowest BCUT2D eigenvalue weighted by Crippen LogP contribution is -2.63. The van der Waals surface area contributed by atoms with Gasteiger partial charge in [-0.05, 0) is 33.4 Å². The molecule has 3 nitrogen and oxygen atoms in total. The van der Waals surface area contributed by atoms with E-state index in [1.54, 1.807) is 0 Å². The summed E-state index contributed by atoms with van der Waals surface area (Å²) in [7, 11) is 2.12. The molecule has 3 heteroatoms. The van der Waals surface area contributed by atoms with E-state index in [0.717, 1.165) is 13.1 Å². The van der Waals surface area contributed by atoms with Gasteiger partial charge in [0.25, 0.3) is 0 Å². The average Bonchev–Trinajstić information content (AvgIpc) is 2.41. The van der Waals surface area contributed by atoms with E-state index in [2.05, 4.69) is 68.0 Å². The number of benzene rings is 1. The Kier molecular flexibility index (Phi) is 4.29. The highest BCUT2D eigenvalue weighted by atomic mass is 16.3. The number of piperazine rings is 1. The minimum atomic E-state index is 0.0920. The van der Waals surface area contributed by atoms with Crippen molar-refractivity contribution in [3.63, 3.8) is 0 Å². The van der Waals surface area contributed by atoms with Crippen molar-refractivity contribution in [1.82, 2.24) is 9.80 Å². The normalized spacial score (nSPS) is 26.3. The molecule has 1 aromatic carbocycles. The van der Waals surface area contributed by atoms with E-state index in [0.29, 0.717) is 6.04 Å². The van der Waals surface area contributed by atoms with Gasteiger partial charge < -0.3 is 5.11 Å². The zero-order chi connectivity index (χ0) is 14.0. The molecule has 0 radical (unpaired) electrons. The lowest BCUT2D eigenvalue weighted by Gasteiger charge is -2.51. The molecule has 19 heavy (non-hydrogen) atoms. The van der Waals surface area contributed by atoms with Gasteiger partial charge in [0.05, 0.1) is 6.61 Å². The minimum Gasteiger partial charge on any atom is -0.395 e. The Morgan fingerprint density at radius 2 is 1.95 bits per heavy atom. The zero-order valence-corrected chi connectivity index (χ0v) is 12.5. The topological polar surface area (TPSA) is 26.7 Å². The second-order valence-corrected chi connectivity index (χ2v) is 6.28. The fourth-order valence-corrected chi connectivity index (χ4v) is 2.98. The Morgan fingerprint density at radius 3 is 2.53 bits per heavy atom. The summed E-state index contributed by atoms with van der Waals surface area (Å²) in [5.41, 5.74) is 1.44. The van der Waals surface area contributed by atoms with Gasteiger partial charge in [0.15, 0.2) is 0 Å². The van der Waals surface area contributed by atoms with E-state index in [9.17, 15) is 5.11 Å². The fraction of sp³-hybridized carbons (Fsp3) is 0.625. The van der Waals surface area contributed by atoms with Crippen molar-refractivity contribution < 1.29 is 5.11 Å². The van der Waals surface area contributed by atoms with E-state index in [-0.39, 0.29) is 18.2 Å².